The van der Waals surface area contributed by atoms with Crippen molar-refractivity contribution in [3.63, 3.8) is 0 Å². The van der Waals surface area contributed by atoms with E-state index < -0.39 is 34.6 Å². The van der Waals surface area contributed by atoms with Gasteiger partial charge < -0.3 is 4.74 Å². The van der Waals surface area contributed by atoms with E-state index in [2.05, 4.69) is 0 Å². The lowest BCUT2D eigenvalue weighted by Crippen LogP contribution is -2.59. The molecule has 2 aromatic carbocycles. The van der Waals surface area contributed by atoms with Gasteiger partial charge >= 0.3 is 0 Å². The molecule has 0 bridgehead atoms. The molecule has 0 radical (unpaired) electrons. The Morgan fingerprint density at radius 3 is 2.13 bits per heavy atom. The molecule has 1 spiro atoms. The third kappa shape index (κ3) is 3.51. The number of ether oxygens (including phenoxy) is 1. The number of hydrogen-bond acceptors (Lipinski definition) is 3. The van der Waals surface area contributed by atoms with E-state index in [1.807, 2.05) is 6.92 Å². The number of carbonyl (C=O) groups excluding carboxylic acids is 2. The van der Waals surface area contributed by atoms with Crippen molar-refractivity contribution < 1.29 is 27.5 Å². The second-order valence-electron chi connectivity index (χ2n) is 9.00. The molecule has 164 valence electrons. The summed E-state index contributed by atoms with van der Waals surface area (Å²) in [6, 6.07) is 6.89. The Bertz CT molecular complexity index is 1040. The largest absolute Gasteiger partial charge is 0.353 e. The van der Waals surface area contributed by atoms with Crippen LogP contribution >= 0.6 is 0 Å². The molecule has 1 saturated heterocycles. The second kappa shape index (κ2) is 7.59. The Morgan fingerprint density at radius 1 is 0.935 bits per heavy atom. The lowest BCUT2D eigenvalue weighted by molar-refractivity contribution is -0.190. The summed E-state index contributed by atoms with van der Waals surface area (Å²) in [5.74, 6) is -5.47. The van der Waals surface area contributed by atoms with Crippen molar-refractivity contribution in [3.05, 3.63) is 58.9 Å². The molecule has 0 N–H and O–H groups in total. The van der Waals surface area contributed by atoms with E-state index >= 15 is 0 Å². The molecule has 4 rings (SSSR count). The van der Waals surface area contributed by atoms with Gasteiger partial charge in [-0.15, -0.1) is 0 Å². The fourth-order valence-electron chi connectivity index (χ4n) is 4.99. The molecular formula is C25H25F3O3. The zero-order valence-corrected chi connectivity index (χ0v) is 17.9. The van der Waals surface area contributed by atoms with Gasteiger partial charge in [0.1, 0.15) is 17.1 Å². The van der Waals surface area contributed by atoms with Gasteiger partial charge in [0.25, 0.3) is 0 Å². The Labute approximate surface area is 179 Å². The number of carbonyl (C=O) groups is 2. The van der Waals surface area contributed by atoms with Crippen LogP contribution in [0.4, 0.5) is 13.2 Å². The maximum atomic E-state index is 13.7. The Morgan fingerprint density at radius 2 is 1.55 bits per heavy atom. The summed E-state index contributed by atoms with van der Waals surface area (Å²) < 4.78 is 46.9. The van der Waals surface area contributed by atoms with Crippen LogP contribution in [0.2, 0.25) is 0 Å². The minimum Gasteiger partial charge on any atom is -0.353 e. The molecule has 3 nitrogen and oxygen atoms in total. The summed E-state index contributed by atoms with van der Waals surface area (Å²) >= 11 is 0. The average molecular weight is 430 g/mol. The van der Waals surface area contributed by atoms with E-state index in [4.69, 9.17) is 4.74 Å². The van der Waals surface area contributed by atoms with Crippen molar-refractivity contribution in [2.45, 2.75) is 70.0 Å². The molecule has 1 atom stereocenters. The minimum absolute atomic E-state index is 0.190. The SMILES string of the molecule is CCc1cc(-c2cc(F)c(F)c(F)c2)ccc1C1C(=O)C(C)(C)OC2(CCCC2)C1=O. The highest BCUT2D eigenvalue weighted by molar-refractivity contribution is 6.15. The standard InChI is InChI=1S/C25H25F3O3/c1-4-14-11-15(16-12-18(26)21(28)19(27)13-16)7-8-17(14)20-22(29)24(2,3)31-25(23(20)30)9-5-6-10-25/h7-8,11-13,20H,4-6,9-10H2,1-3H3. The molecule has 1 aliphatic carbocycles. The predicted octanol–water partition coefficient (Wildman–Crippen LogP) is 5.68. The van der Waals surface area contributed by atoms with Gasteiger partial charge in [-0.1, -0.05) is 25.1 Å². The van der Waals surface area contributed by atoms with Crippen molar-refractivity contribution >= 4 is 11.6 Å². The summed E-state index contributed by atoms with van der Waals surface area (Å²) in [6.45, 7) is 5.30. The van der Waals surface area contributed by atoms with Crippen molar-refractivity contribution in [3.8, 4) is 11.1 Å². The van der Waals surface area contributed by atoms with Crippen molar-refractivity contribution in [2.75, 3.05) is 0 Å². The summed E-state index contributed by atoms with van der Waals surface area (Å²) in [7, 11) is 0. The van der Waals surface area contributed by atoms with Crippen LogP contribution in [0.5, 0.6) is 0 Å². The van der Waals surface area contributed by atoms with E-state index in [-0.39, 0.29) is 17.1 Å². The van der Waals surface area contributed by atoms with Gasteiger partial charge in [0, 0.05) is 0 Å². The molecule has 1 unspecified atom stereocenters. The summed E-state index contributed by atoms with van der Waals surface area (Å²) in [6.07, 6.45) is 3.48. The number of Topliss-reactive ketones (excluding diaryl/α,β-unsaturated/α-hetero) is 2. The molecule has 2 aromatic rings. The highest BCUT2D eigenvalue weighted by Gasteiger charge is 2.58. The Balaban J connectivity index is 1.80. The number of halogens is 3. The number of benzene rings is 2. The third-order valence-corrected chi connectivity index (χ3v) is 6.58. The van der Waals surface area contributed by atoms with E-state index in [0.29, 0.717) is 30.4 Å². The van der Waals surface area contributed by atoms with E-state index in [9.17, 15) is 22.8 Å². The molecule has 0 aromatic heterocycles. The summed E-state index contributed by atoms with van der Waals surface area (Å²) in [5, 5.41) is 0. The van der Waals surface area contributed by atoms with Gasteiger partial charge in [-0.3, -0.25) is 9.59 Å². The third-order valence-electron chi connectivity index (χ3n) is 6.58. The minimum atomic E-state index is -1.52. The first-order chi connectivity index (χ1) is 14.6. The Kier molecular flexibility index (Phi) is 5.32. The maximum Gasteiger partial charge on any atom is 0.194 e. The first-order valence-electron chi connectivity index (χ1n) is 10.7. The zero-order chi connectivity index (χ0) is 22.6. The van der Waals surface area contributed by atoms with Crippen LogP contribution in [0.1, 0.15) is 63.5 Å². The van der Waals surface area contributed by atoms with Gasteiger partial charge in [0.15, 0.2) is 29.0 Å². The molecule has 31 heavy (non-hydrogen) atoms. The molecule has 1 saturated carbocycles. The predicted molar refractivity (Wildman–Crippen MR) is 110 cm³/mol. The number of hydrogen-bond donors (Lipinski definition) is 0. The fourth-order valence-corrected chi connectivity index (χ4v) is 4.99. The lowest BCUT2D eigenvalue weighted by atomic mass is 9.72. The molecule has 6 heteroatoms. The molecule has 2 aliphatic rings. The molecular weight excluding hydrogens is 405 g/mol. The van der Waals surface area contributed by atoms with Crippen molar-refractivity contribution in [2.24, 2.45) is 0 Å². The van der Waals surface area contributed by atoms with Crippen LogP contribution < -0.4 is 0 Å². The van der Waals surface area contributed by atoms with Crippen LogP contribution in [-0.2, 0) is 20.7 Å². The molecule has 1 heterocycles. The normalized spacial score (nSPS) is 22.3. The van der Waals surface area contributed by atoms with Crippen molar-refractivity contribution in [1.82, 2.24) is 0 Å². The van der Waals surface area contributed by atoms with Crippen molar-refractivity contribution in [1.29, 1.82) is 0 Å². The molecule has 0 amide bonds. The first kappa shape index (κ1) is 21.8. The van der Waals surface area contributed by atoms with Crippen LogP contribution in [-0.4, -0.2) is 22.8 Å². The molecule has 2 fully saturated rings. The maximum absolute atomic E-state index is 13.7. The quantitative estimate of drug-likeness (QED) is 0.465. The number of ketones is 2. The van der Waals surface area contributed by atoms with Gasteiger partial charge in [-0.05, 0) is 80.3 Å². The van der Waals surface area contributed by atoms with Gasteiger partial charge in [-0.25, -0.2) is 13.2 Å². The van der Waals surface area contributed by atoms with Crippen LogP contribution in [0, 0.1) is 17.5 Å². The van der Waals surface area contributed by atoms with Crippen LogP contribution in [0.15, 0.2) is 30.3 Å². The van der Waals surface area contributed by atoms with E-state index in [1.54, 1.807) is 32.0 Å². The number of aryl methyl sites for hydroxylation is 1. The van der Waals surface area contributed by atoms with Gasteiger partial charge in [-0.2, -0.15) is 0 Å². The Hall–Kier alpha value is -2.47. The van der Waals surface area contributed by atoms with E-state index in [1.165, 1.54) is 0 Å². The summed E-state index contributed by atoms with van der Waals surface area (Å²) in [4.78, 5) is 26.8. The highest BCUT2D eigenvalue weighted by atomic mass is 19.2. The second-order valence-corrected chi connectivity index (χ2v) is 9.00. The van der Waals surface area contributed by atoms with Gasteiger partial charge in [0.05, 0.1) is 0 Å². The lowest BCUT2D eigenvalue weighted by Gasteiger charge is -2.44. The summed E-state index contributed by atoms with van der Waals surface area (Å²) in [5.41, 5.74) is -0.00709. The number of rotatable bonds is 3. The van der Waals surface area contributed by atoms with Gasteiger partial charge in [0.2, 0.25) is 0 Å². The van der Waals surface area contributed by atoms with Crippen LogP contribution in [0.3, 0.4) is 0 Å². The zero-order valence-electron chi connectivity index (χ0n) is 17.9. The molecule has 1 aliphatic heterocycles. The fraction of sp³-hybridized carbons (Fsp3) is 0.440. The first-order valence-corrected chi connectivity index (χ1v) is 10.7. The monoisotopic (exact) mass is 430 g/mol. The van der Waals surface area contributed by atoms with Crippen LogP contribution in [0.25, 0.3) is 11.1 Å². The smallest absolute Gasteiger partial charge is 0.194 e. The highest BCUT2D eigenvalue weighted by Crippen LogP contribution is 2.47. The average Bonchev–Trinajstić information content (AvgIpc) is 3.19. The van der Waals surface area contributed by atoms with E-state index in [0.717, 1.165) is 30.5 Å². The topological polar surface area (TPSA) is 43.4 Å².